The first kappa shape index (κ1) is 13.1. The number of hydrogen-bond acceptors (Lipinski definition) is 4. The SMILES string of the molecule is Cc1c(NCCc2ccnn2C)cccc1[N+](=O)[O-]. The van der Waals surface area contributed by atoms with Crippen LogP contribution in [0.15, 0.2) is 30.5 Å². The van der Waals surface area contributed by atoms with Gasteiger partial charge in [0.25, 0.3) is 5.69 Å². The van der Waals surface area contributed by atoms with E-state index in [4.69, 9.17) is 0 Å². The first-order valence-electron chi connectivity index (χ1n) is 6.04. The summed E-state index contributed by atoms with van der Waals surface area (Å²) in [5, 5.41) is 18.2. The third kappa shape index (κ3) is 2.90. The summed E-state index contributed by atoms with van der Waals surface area (Å²) in [6, 6.07) is 7.02. The molecule has 2 aromatic rings. The first-order valence-corrected chi connectivity index (χ1v) is 6.04. The minimum absolute atomic E-state index is 0.144. The van der Waals surface area contributed by atoms with Crippen LogP contribution in [0.2, 0.25) is 0 Å². The predicted molar refractivity (Wildman–Crippen MR) is 73.2 cm³/mol. The van der Waals surface area contributed by atoms with Gasteiger partial charge in [0.1, 0.15) is 0 Å². The van der Waals surface area contributed by atoms with Crippen molar-refractivity contribution < 1.29 is 4.92 Å². The Kier molecular flexibility index (Phi) is 3.79. The molecule has 0 spiro atoms. The highest BCUT2D eigenvalue weighted by molar-refractivity contribution is 5.59. The van der Waals surface area contributed by atoms with E-state index in [2.05, 4.69) is 10.4 Å². The van der Waals surface area contributed by atoms with Gasteiger partial charge in [0.2, 0.25) is 0 Å². The van der Waals surface area contributed by atoms with E-state index in [9.17, 15) is 10.1 Å². The van der Waals surface area contributed by atoms with Gasteiger partial charge in [0.15, 0.2) is 0 Å². The molecular weight excluding hydrogens is 244 g/mol. The smallest absolute Gasteiger partial charge is 0.274 e. The largest absolute Gasteiger partial charge is 0.384 e. The van der Waals surface area contributed by atoms with E-state index in [1.807, 2.05) is 23.9 Å². The average Bonchev–Trinajstić information content (AvgIpc) is 2.77. The molecule has 0 saturated heterocycles. The molecule has 1 heterocycles. The predicted octanol–water partition coefficient (Wildman–Crippen LogP) is 2.29. The number of rotatable bonds is 5. The molecule has 100 valence electrons. The molecule has 0 fully saturated rings. The van der Waals surface area contributed by atoms with Crippen molar-refractivity contribution in [2.45, 2.75) is 13.3 Å². The number of nitrogens with one attached hydrogen (secondary N) is 1. The Morgan fingerprint density at radius 1 is 1.42 bits per heavy atom. The van der Waals surface area contributed by atoms with Gasteiger partial charge in [-0.3, -0.25) is 14.8 Å². The summed E-state index contributed by atoms with van der Waals surface area (Å²) >= 11 is 0. The van der Waals surface area contributed by atoms with Crippen molar-refractivity contribution in [1.82, 2.24) is 9.78 Å². The summed E-state index contributed by atoms with van der Waals surface area (Å²) in [7, 11) is 1.90. The van der Waals surface area contributed by atoms with Gasteiger partial charge in [-0.1, -0.05) is 6.07 Å². The summed E-state index contributed by atoms with van der Waals surface area (Å²) in [4.78, 5) is 10.5. The van der Waals surface area contributed by atoms with E-state index in [-0.39, 0.29) is 10.6 Å². The molecule has 0 amide bonds. The molecule has 2 rings (SSSR count). The van der Waals surface area contributed by atoms with Gasteiger partial charge in [-0.15, -0.1) is 0 Å². The lowest BCUT2D eigenvalue weighted by molar-refractivity contribution is -0.385. The summed E-state index contributed by atoms with van der Waals surface area (Å²) in [6.07, 6.45) is 2.58. The summed E-state index contributed by atoms with van der Waals surface area (Å²) in [5.74, 6) is 0. The lowest BCUT2D eigenvalue weighted by Crippen LogP contribution is -2.09. The maximum Gasteiger partial charge on any atom is 0.274 e. The molecule has 0 unspecified atom stereocenters. The van der Waals surface area contributed by atoms with Crippen LogP contribution in [0, 0.1) is 17.0 Å². The normalized spacial score (nSPS) is 10.4. The molecule has 1 N–H and O–H groups in total. The van der Waals surface area contributed by atoms with Crippen molar-refractivity contribution in [3.63, 3.8) is 0 Å². The Morgan fingerprint density at radius 2 is 2.21 bits per heavy atom. The van der Waals surface area contributed by atoms with Crippen LogP contribution in [-0.4, -0.2) is 21.2 Å². The third-order valence-electron chi connectivity index (χ3n) is 3.12. The second kappa shape index (κ2) is 5.51. The van der Waals surface area contributed by atoms with Gasteiger partial charge in [-0.25, -0.2) is 0 Å². The maximum absolute atomic E-state index is 10.8. The minimum atomic E-state index is -0.359. The van der Waals surface area contributed by atoms with Crippen LogP contribution < -0.4 is 5.32 Å². The monoisotopic (exact) mass is 260 g/mol. The molecule has 0 aliphatic carbocycles. The van der Waals surface area contributed by atoms with Gasteiger partial charge in [-0.2, -0.15) is 5.10 Å². The van der Waals surface area contributed by atoms with Crippen molar-refractivity contribution in [2.75, 3.05) is 11.9 Å². The second-order valence-corrected chi connectivity index (χ2v) is 4.33. The zero-order valence-corrected chi connectivity index (χ0v) is 11.0. The maximum atomic E-state index is 10.8. The molecular formula is C13H16N4O2. The van der Waals surface area contributed by atoms with Crippen molar-refractivity contribution >= 4 is 11.4 Å². The van der Waals surface area contributed by atoms with Gasteiger partial charge < -0.3 is 5.32 Å². The lowest BCUT2D eigenvalue weighted by atomic mass is 10.1. The average molecular weight is 260 g/mol. The Bertz CT molecular complexity index is 592. The van der Waals surface area contributed by atoms with E-state index in [0.717, 1.165) is 17.8 Å². The quantitative estimate of drug-likeness (QED) is 0.661. The fourth-order valence-electron chi connectivity index (χ4n) is 1.98. The molecule has 6 heteroatoms. The van der Waals surface area contributed by atoms with Gasteiger partial charge in [0, 0.05) is 49.2 Å². The molecule has 1 aromatic heterocycles. The van der Waals surface area contributed by atoms with E-state index in [1.54, 1.807) is 19.2 Å². The molecule has 0 radical (unpaired) electrons. The summed E-state index contributed by atoms with van der Waals surface area (Å²) < 4.78 is 1.82. The van der Waals surface area contributed by atoms with Crippen LogP contribution in [0.3, 0.4) is 0 Å². The Hall–Kier alpha value is -2.37. The van der Waals surface area contributed by atoms with Crippen LogP contribution in [0.4, 0.5) is 11.4 Å². The summed E-state index contributed by atoms with van der Waals surface area (Å²) in [5.41, 5.74) is 2.73. The van der Waals surface area contributed by atoms with Crippen LogP contribution in [-0.2, 0) is 13.5 Å². The van der Waals surface area contributed by atoms with E-state index in [0.29, 0.717) is 12.1 Å². The lowest BCUT2D eigenvalue weighted by Gasteiger charge is -2.09. The standard InChI is InChI=1S/C13H16N4O2/c1-10-12(4-3-5-13(10)17(18)19)14-8-6-11-7-9-15-16(11)2/h3-5,7,9,14H,6,8H2,1-2H3. The Morgan fingerprint density at radius 3 is 2.84 bits per heavy atom. The first-order chi connectivity index (χ1) is 9.09. The molecule has 0 atom stereocenters. The Labute approximate surface area is 111 Å². The Balaban J connectivity index is 2.02. The fourth-order valence-corrected chi connectivity index (χ4v) is 1.98. The second-order valence-electron chi connectivity index (χ2n) is 4.33. The van der Waals surface area contributed by atoms with Crippen LogP contribution in [0.1, 0.15) is 11.3 Å². The highest BCUT2D eigenvalue weighted by atomic mass is 16.6. The molecule has 19 heavy (non-hydrogen) atoms. The molecule has 0 aliphatic heterocycles. The molecule has 0 bridgehead atoms. The molecule has 0 saturated carbocycles. The highest BCUT2D eigenvalue weighted by Crippen LogP contribution is 2.24. The molecule has 6 nitrogen and oxygen atoms in total. The van der Waals surface area contributed by atoms with Crippen molar-refractivity contribution in [3.8, 4) is 0 Å². The number of anilines is 1. The zero-order chi connectivity index (χ0) is 13.8. The third-order valence-corrected chi connectivity index (χ3v) is 3.12. The van der Waals surface area contributed by atoms with Crippen LogP contribution >= 0.6 is 0 Å². The number of nitro groups is 1. The van der Waals surface area contributed by atoms with Crippen molar-refractivity contribution in [1.29, 1.82) is 0 Å². The fraction of sp³-hybridized carbons (Fsp3) is 0.308. The number of nitrogens with zero attached hydrogens (tertiary/aromatic N) is 3. The number of nitro benzene ring substituents is 1. The van der Waals surface area contributed by atoms with Gasteiger partial charge in [0.05, 0.1) is 4.92 Å². The van der Waals surface area contributed by atoms with Crippen molar-refractivity contribution in [3.05, 3.63) is 51.8 Å². The van der Waals surface area contributed by atoms with Crippen LogP contribution in [0.25, 0.3) is 0 Å². The highest BCUT2D eigenvalue weighted by Gasteiger charge is 2.12. The van der Waals surface area contributed by atoms with Gasteiger partial charge in [-0.05, 0) is 19.1 Å². The van der Waals surface area contributed by atoms with Crippen molar-refractivity contribution in [2.24, 2.45) is 7.05 Å². The topological polar surface area (TPSA) is 73.0 Å². The number of aryl methyl sites for hydroxylation is 1. The number of benzene rings is 1. The molecule has 1 aromatic carbocycles. The zero-order valence-electron chi connectivity index (χ0n) is 11.0. The number of aromatic nitrogens is 2. The van der Waals surface area contributed by atoms with Gasteiger partial charge >= 0.3 is 0 Å². The minimum Gasteiger partial charge on any atom is -0.384 e. The number of hydrogen-bond donors (Lipinski definition) is 1. The van der Waals surface area contributed by atoms with E-state index in [1.165, 1.54) is 6.07 Å². The van der Waals surface area contributed by atoms with E-state index < -0.39 is 0 Å². The van der Waals surface area contributed by atoms with Crippen LogP contribution in [0.5, 0.6) is 0 Å². The van der Waals surface area contributed by atoms with E-state index >= 15 is 0 Å². The summed E-state index contributed by atoms with van der Waals surface area (Å²) in [6.45, 7) is 2.46. The molecule has 0 aliphatic rings.